The second-order valence-electron chi connectivity index (χ2n) is 7.95. The molecule has 1 aromatic heterocycles. The Kier molecular flexibility index (Phi) is 5.46. The van der Waals surface area contributed by atoms with Crippen LogP contribution in [0, 0.1) is 0 Å². The maximum atomic E-state index is 13.1. The van der Waals surface area contributed by atoms with Gasteiger partial charge in [-0.2, -0.15) is 4.31 Å². The number of nitrogens with one attached hydrogen (secondary N) is 2. The molecule has 0 radical (unpaired) electrons. The van der Waals surface area contributed by atoms with E-state index < -0.39 is 15.5 Å². The van der Waals surface area contributed by atoms with E-state index in [4.69, 9.17) is 0 Å². The fraction of sp³-hybridized carbons (Fsp3) is 0.500. The number of rotatable bonds is 3. The molecule has 1 amide bonds. The molecule has 8 nitrogen and oxygen atoms in total. The number of hydrogen-bond donors (Lipinski definition) is 2. The smallest absolute Gasteiger partial charge is 0.259 e. The molecule has 2 saturated heterocycles. The number of quaternary nitrogens is 1. The van der Waals surface area contributed by atoms with Crippen LogP contribution in [0.15, 0.2) is 34.1 Å². The van der Waals surface area contributed by atoms with Crippen LogP contribution in [0.1, 0.15) is 29.6 Å². The molecular formula is C20H27N4O4S+. The highest BCUT2D eigenvalue weighted by Gasteiger charge is 2.28. The highest BCUT2D eigenvalue weighted by Crippen LogP contribution is 2.23. The first-order valence-corrected chi connectivity index (χ1v) is 11.6. The number of carbonyl (C=O) groups excluding carboxylic acids is 1. The van der Waals surface area contributed by atoms with Gasteiger partial charge in [0.05, 0.1) is 38.1 Å². The van der Waals surface area contributed by atoms with Crippen molar-refractivity contribution >= 4 is 26.8 Å². The highest BCUT2D eigenvalue weighted by molar-refractivity contribution is 7.89. The summed E-state index contributed by atoms with van der Waals surface area (Å²) in [6, 6.07) is 4.52. The second kappa shape index (κ2) is 7.89. The molecule has 2 aromatic rings. The summed E-state index contributed by atoms with van der Waals surface area (Å²) in [5.74, 6) is -0.301. The van der Waals surface area contributed by atoms with Crippen LogP contribution in [0.3, 0.4) is 0 Å². The van der Waals surface area contributed by atoms with E-state index in [1.54, 1.807) is 11.0 Å². The lowest BCUT2D eigenvalue weighted by Gasteiger charge is -2.30. The number of aromatic nitrogens is 1. The van der Waals surface area contributed by atoms with Gasteiger partial charge >= 0.3 is 0 Å². The van der Waals surface area contributed by atoms with Crippen LogP contribution in [0.2, 0.25) is 0 Å². The molecule has 4 rings (SSSR count). The van der Waals surface area contributed by atoms with Gasteiger partial charge in [-0.3, -0.25) is 9.59 Å². The Labute approximate surface area is 170 Å². The number of H-pyrrole nitrogens is 1. The molecule has 156 valence electrons. The Morgan fingerprint density at radius 3 is 2.45 bits per heavy atom. The molecule has 2 N–H and O–H groups in total. The molecule has 0 unspecified atom stereocenters. The number of carbonyl (C=O) groups is 1. The summed E-state index contributed by atoms with van der Waals surface area (Å²) in [7, 11) is -1.57. The van der Waals surface area contributed by atoms with E-state index in [2.05, 4.69) is 12.0 Å². The predicted octanol–water partition coefficient (Wildman–Crippen LogP) is -0.327. The molecule has 29 heavy (non-hydrogen) atoms. The summed E-state index contributed by atoms with van der Waals surface area (Å²) in [4.78, 5) is 32.1. The molecule has 0 atom stereocenters. The Bertz CT molecular complexity index is 1080. The predicted molar refractivity (Wildman–Crippen MR) is 110 cm³/mol. The molecule has 0 bridgehead atoms. The maximum Gasteiger partial charge on any atom is 0.259 e. The van der Waals surface area contributed by atoms with E-state index >= 15 is 0 Å². The first kappa shape index (κ1) is 20.1. The van der Waals surface area contributed by atoms with Crippen LogP contribution in [-0.4, -0.2) is 74.8 Å². The van der Waals surface area contributed by atoms with Gasteiger partial charge in [0, 0.05) is 30.2 Å². The van der Waals surface area contributed by atoms with Gasteiger partial charge in [-0.15, -0.1) is 0 Å². The van der Waals surface area contributed by atoms with Crippen LogP contribution in [0.5, 0.6) is 0 Å². The number of piperazine rings is 1. The first-order valence-electron chi connectivity index (χ1n) is 10.1. The third-order valence-corrected chi connectivity index (χ3v) is 7.83. The zero-order valence-electron chi connectivity index (χ0n) is 16.6. The number of piperidine rings is 1. The van der Waals surface area contributed by atoms with Gasteiger partial charge in [-0.1, -0.05) is 6.42 Å². The van der Waals surface area contributed by atoms with Gasteiger partial charge in [0.15, 0.2) is 0 Å². The zero-order chi connectivity index (χ0) is 20.6. The summed E-state index contributed by atoms with van der Waals surface area (Å²) in [6.07, 6.45) is 4.16. The quantitative estimate of drug-likeness (QED) is 0.713. The third kappa shape index (κ3) is 3.82. The van der Waals surface area contributed by atoms with Gasteiger partial charge in [0.25, 0.3) is 5.91 Å². The summed E-state index contributed by atoms with van der Waals surface area (Å²) < 4.78 is 27.4. The first-order chi connectivity index (χ1) is 13.9. The molecule has 3 heterocycles. The number of fused-ring (bicyclic) bond motifs is 1. The molecule has 9 heteroatoms. The number of amides is 1. The van der Waals surface area contributed by atoms with Crippen molar-refractivity contribution in [2.75, 3.05) is 46.3 Å². The average Bonchev–Trinajstić information content (AvgIpc) is 2.74. The Morgan fingerprint density at radius 2 is 1.76 bits per heavy atom. The van der Waals surface area contributed by atoms with E-state index in [9.17, 15) is 18.0 Å². The normalized spacial score (nSPS) is 19.6. The number of sulfonamides is 1. The minimum Gasteiger partial charge on any atom is -0.360 e. The lowest BCUT2D eigenvalue weighted by molar-refractivity contribution is -0.883. The molecule has 2 fully saturated rings. The summed E-state index contributed by atoms with van der Waals surface area (Å²) in [5.41, 5.74) is 0.155. The van der Waals surface area contributed by atoms with Crippen molar-refractivity contribution in [3.05, 3.63) is 40.2 Å². The van der Waals surface area contributed by atoms with Crippen LogP contribution < -0.4 is 10.3 Å². The fourth-order valence-corrected chi connectivity index (χ4v) is 5.58. The monoisotopic (exact) mass is 419 g/mol. The van der Waals surface area contributed by atoms with Gasteiger partial charge in [0.2, 0.25) is 15.5 Å². The standard InChI is InChI=1S/C20H26N4O4S/c1-22-9-11-23(12-10-22)20(26)17-14-21-18-6-5-15(13-16(18)19(17)25)29(27,28)24-7-3-2-4-8-24/h5-6,13-14H,2-4,7-12H2,1H3,(H,21,25)/p+1. The summed E-state index contributed by atoms with van der Waals surface area (Å²) in [5, 5.41) is 0.230. The Hall–Kier alpha value is -2.23. The Balaban J connectivity index is 1.70. The maximum absolute atomic E-state index is 13.1. The SMILES string of the molecule is C[NH+]1CCN(C(=O)c2c[nH]c3ccc(S(=O)(=O)N4CCCCC4)cc3c2=O)CC1. The summed E-state index contributed by atoms with van der Waals surface area (Å²) in [6.45, 7) is 3.89. The second-order valence-corrected chi connectivity index (χ2v) is 9.89. The van der Waals surface area contributed by atoms with E-state index in [1.807, 2.05) is 0 Å². The van der Waals surface area contributed by atoms with E-state index in [1.165, 1.54) is 27.5 Å². The largest absolute Gasteiger partial charge is 0.360 e. The van der Waals surface area contributed by atoms with Crippen molar-refractivity contribution in [2.45, 2.75) is 24.2 Å². The molecular weight excluding hydrogens is 392 g/mol. The van der Waals surface area contributed by atoms with E-state index in [0.29, 0.717) is 31.7 Å². The van der Waals surface area contributed by atoms with Gasteiger partial charge in [-0.05, 0) is 31.0 Å². The number of pyridine rings is 1. The molecule has 0 spiro atoms. The molecule has 2 aliphatic heterocycles. The Morgan fingerprint density at radius 1 is 1.07 bits per heavy atom. The van der Waals surface area contributed by atoms with Crippen molar-refractivity contribution in [1.29, 1.82) is 0 Å². The van der Waals surface area contributed by atoms with Crippen molar-refractivity contribution < 1.29 is 18.1 Å². The fourth-order valence-electron chi connectivity index (χ4n) is 4.03. The topological polar surface area (TPSA) is 95.0 Å². The van der Waals surface area contributed by atoms with E-state index in [-0.39, 0.29) is 21.8 Å². The average molecular weight is 420 g/mol. The van der Waals surface area contributed by atoms with Crippen molar-refractivity contribution in [2.24, 2.45) is 0 Å². The van der Waals surface area contributed by atoms with Crippen LogP contribution in [0.25, 0.3) is 10.9 Å². The van der Waals surface area contributed by atoms with Crippen LogP contribution in [-0.2, 0) is 10.0 Å². The number of nitrogens with zero attached hydrogens (tertiary/aromatic N) is 2. The molecule has 0 saturated carbocycles. The minimum absolute atomic E-state index is 0.0598. The zero-order valence-corrected chi connectivity index (χ0v) is 17.4. The van der Waals surface area contributed by atoms with Gasteiger partial charge in [-0.25, -0.2) is 8.42 Å². The number of hydrogen-bond acceptors (Lipinski definition) is 4. The molecule has 1 aromatic carbocycles. The molecule has 0 aliphatic carbocycles. The summed E-state index contributed by atoms with van der Waals surface area (Å²) >= 11 is 0. The lowest BCUT2D eigenvalue weighted by Crippen LogP contribution is -3.12. The minimum atomic E-state index is -3.65. The van der Waals surface area contributed by atoms with Gasteiger partial charge in [0.1, 0.15) is 5.56 Å². The van der Waals surface area contributed by atoms with Gasteiger partial charge < -0.3 is 14.8 Å². The van der Waals surface area contributed by atoms with Crippen LogP contribution in [0.4, 0.5) is 0 Å². The van der Waals surface area contributed by atoms with Crippen LogP contribution >= 0.6 is 0 Å². The van der Waals surface area contributed by atoms with E-state index in [0.717, 1.165) is 32.4 Å². The van der Waals surface area contributed by atoms with Crippen molar-refractivity contribution in [3.8, 4) is 0 Å². The number of benzene rings is 1. The third-order valence-electron chi connectivity index (χ3n) is 5.94. The number of aromatic amines is 1. The van der Waals surface area contributed by atoms with Crippen molar-refractivity contribution in [1.82, 2.24) is 14.2 Å². The number of likely N-dealkylation sites (N-methyl/N-ethyl adjacent to an activating group) is 1. The lowest BCUT2D eigenvalue weighted by atomic mass is 10.1. The highest BCUT2D eigenvalue weighted by atomic mass is 32.2. The van der Waals surface area contributed by atoms with Crippen molar-refractivity contribution in [3.63, 3.8) is 0 Å². The molecule has 2 aliphatic rings.